The second-order valence-corrected chi connectivity index (χ2v) is 26.4. The van der Waals surface area contributed by atoms with Crippen LogP contribution in [0.4, 0.5) is 34.1 Å². The first kappa shape index (κ1) is 38.7. The molecule has 6 aliphatic rings. The van der Waals surface area contributed by atoms with Crippen LogP contribution >= 0.6 is 0 Å². The van der Waals surface area contributed by atoms with Crippen molar-refractivity contribution >= 4 is 91.8 Å². The van der Waals surface area contributed by atoms with E-state index in [-0.39, 0.29) is 11.8 Å². The van der Waals surface area contributed by atoms with Gasteiger partial charge in [0.1, 0.15) is 35.1 Å². The van der Waals surface area contributed by atoms with Crippen LogP contribution in [0.1, 0.15) is 53.4 Å². The first-order valence-electron chi connectivity index (χ1n) is 23.9. The van der Waals surface area contributed by atoms with Crippen molar-refractivity contribution in [1.29, 1.82) is 10.5 Å². The van der Waals surface area contributed by atoms with E-state index in [9.17, 15) is 10.5 Å². The minimum Gasteiger partial charge on any atom is -0.458 e. The topological polar surface area (TPSA) is 72.5 Å². The van der Waals surface area contributed by atoms with Crippen molar-refractivity contribution in [3.05, 3.63) is 216 Å². The van der Waals surface area contributed by atoms with Crippen LogP contribution in [0.25, 0.3) is 0 Å². The lowest BCUT2D eigenvalue weighted by molar-refractivity contribution is 0.487. The molecule has 9 aromatic rings. The molecule has 324 valence electrons. The fourth-order valence-corrected chi connectivity index (χ4v) is 24.5. The molecule has 8 heteroatoms. The van der Waals surface area contributed by atoms with Gasteiger partial charge in [-0.2, -0.15) is 10.5 Å². The van der Waals surface area contributed by atoms with E-state index in [4.69, 9.17) is 9.47 Å². The van der Waals surface area contributed by atoms with Crippen molar-refractivity contribution in [3.8, 4) is 35.1 Å². The second-order valence-electron chi connectivity index (χ2n) is 19.1. The number of rotatable bonds is 2. The van der Waals surface area contributed by atoms with E-state index in [1.165, 1.54) is 52.6 Å². The van der Waals surface area contributed by atoms with Crippen LogP contribution in [0.2, 0.25) is 0 Å². The molecule has 4 heterocycles. The number of nitrogens with zero attached hydrogens (tertiary/aromatic N) is 4. The molecule has 1 saturated carbocycles. The van der Waals surface area contributed by atoms with Gasteiger partial charge in [0, 0.05) is 22.7 Å². The highest BCUT2D eigenvalue weighted by Gasteiger charge is 2.57. The molecule has 4 aliphatic heterocycles. The van der Waals surface area contributed by atoms with Gasteiger partial charge >= 0.3 is 0 Å². The molecule has 2 unspecified atom stereocenters. The summed E-state index contributed by atoms with van der Waals surface area (Å²) in [7, 11) is -6.07. The van der Waals surface area contributed by atoms with Gasteiger partial charge < -0.3 is 19.3 Å². The second kappa shape index (κ2) is 14.1. The quantitative estimate of drug-likeness (QED) is 0.161. The van der Waals surface area contributed by atoms with Gasteiger partial charge in [-0.1, -0.05) is 146 Å². The third-order valence-electron chi connectivity index (χ3n) is 16.2. The number of fused-ring (bicyclic) bond motifs is 21. The van der Waals surface area contributed by atoms with E-state index in [0.29, 0.717) is 11.1 Å². The highest BCUT2D eigenvalue weighted by Crippen LogP contribution is 2.63. The van der Waals surface area contributed by atoms with Gasteiger partial charge in [0.15, 0.2) is 16.1 Å². The lowest BCUT2D eigenvalue weighted by Gasteiger charge is -2.49. The molecule has 9 aromatic carbocycles. The maximum atomic E-state index is 11.9. The largest absolute Gasteiger partial charge is 0.458 e. The average molecular weight is 917 g/mol. The molecule has 6 nitrogen and oxygen atoms in total. The van der Waals surface area contributed by atoms with Gasteiger partial charge in [-0.3, -0.25) is 0 Å². The Morgan fingerprint density at radius 2 is 0.623 bits per heavy atom. The number of nitriles is 2. The molecule has 2 aliphatic carbocycles. The van der Waals surface area contributed by atoms with Gasteiger partial charge in [-0.05, 0) is 132 Å². The summed E-state index contributed by atoms with van der Waals surface area (Å²) in [5.41, 5.74) is 9.16. The Hall–Kier alpha value is -8.41. The zero-order chi connectivity index (χ0) is 45.6. The summed E-state index contributed by atoms with van der Waals surface area (Å²) in [6, 6.07) is 75.2. The summed E-state index contributed by atoms with van der Waals surface area (Å²) in [4.78, 5) is 4.78. The van der Waals surface area contributed by atoms with Crippen molar-refractivity contribution in [3.63, 3.8) is 0 Å². The lowest BCUT2D eigenvalue weighted by atomic mass is 9.83. The summed E-state index contributed by atoms with van der Waals surface area (Å²) in [6.07, 6.45) is 3.05. The zero-order valence-electron chi connectivity index (χ0n) is 37.4. The van der Waals surface area contributed by atoms with E-state index in [0.717, 1.165) is 76.4 Å². The highest BCUT2D eigenvalue weighted by molar-refractivity contribution is 7.23. The summed E-state index contributed by atoms with van der Waals surface area (Å²) in [6.45, 7) is 0. The van der Waals surface area contributed by atoms with Crippen molar-refractivity contribution in [2.24, 2.45) is 0 Å². The van der Waals surface area contributed by atoms with Crippen molar-refractivity contribution in [2.75, 3.05) is 9.80 Å². The Morgan fingerprint density at radius 3 is 0.913 bits per heavy atom. The van der Waals surface area contributed by atoms with Crippen LogP contribution in [0, 0.1) is 22.7 Å². The molecular weight excluding hydrogens is 877 g/mol. The Balaban J connectivity index is 1.04. The molecular formula is C61H40N4O2Si2. The molecule has 2 atom stereocenters. The molecule has 2 bridgehead atoms. The van der Waals surface area contributed by atoms with Crippen molar-refractivity contribution < 1.29 is 9.47 Å². The van der Waals surface area contributed by atoms with Crippen LogP contribution in [0.5, 0.6) is 23.0 Å². The zero-order valence-corrected chi connectivity index (χ0v) is 39.4. The normalized spacial score (nSPS) is 18.1. The summed E-state index contributed by atoms with van der Waals surface area (Å²) in [5.74, 6) is 3.97. The summed E-state index contributed by atoms with van der Waals surface area (Å²) >= 11 is 0. The molecule has 69 heavy (non-hydrogen) atoms. The van der Waals surface area contributed by atoms with Crippen molar-refractivity contribution in [2.45, 2.75) is 31.1 Å². The molecule has 0 radical (unpaired) electrons. The first-order chi connectivity index (χ1) is 34.2. The van der Waals surface area contributed by atoms with Gasteiger partial charge in [0.2, 0.25) is 0 Å². The molecule has 0 saturated heterocycles. The average Bonchev–Trinajstić information content (AvgIpc) is 4.04. The van der Waals surface area contributed by atoms with E-state index < -0.39 is 16.1 Å². The van der Waals surface area contributed by atoms with Crippen molar-refractivity contribution in [1.82, 2.24) is 0 Å². The van der Waals surface area contributed by atoms with E-state index in [1.807, 2.05) is 0 Å². The van der Waals surface area contributed by atoms with Crippen LogP contribution in [0.3, 0.4) is 0 Å². The fourth-order valence-electron chi connectivity index (χ4n) is 13.9. The number of benzene rings is 9. The lowest BCUT2D eigenvalue weighted by Crippen LogP contribution is -2.78. The minimum absolute atomic E-state index is 0.223. The molecule has 1 fully saturated rings. The van der Waals surface area contributed by atoms with Gasteiger partial charge in [-0.25, -0.2) is 0 Å². The predicted octanol–water partition coefficient (Wildman–Crippen LogP) is 9.33. The Kier molecular flexibility index (Phi) is 7.89. The van der Waals surface area contributed by atoms with E-state index >= 15 is 0 Å². The molecule has 0 amide bonds. The molecule has 0 aromatic heterocycles. The Bertz CT molecular complexity index is 3390. The predicted molar refractivity (Wildman–Crippen MR) is 279 cm³/mol. The van der Waals surface area contributed by atoms with Crippen LogP contribution in [-0.4, -0.2) is 16.1 Å². The monoisotopic (exact) mass is 916 g/mol. The maximum absolute atomic E-state index is 11.9. The minimum atomic E-state index is -3.03. The Morgan fingerprint density at radius 1 is 0.362 bits per heavy atom. The molecule has 2 spiro atoms. The number of para-hydroxylation sites is 8. The smallest absolute Gasteiger partial charge is 0.192 e. The number of anilines is 6. The van der Waals surface area contributed by atoms with Gasteiger partial charge in [-0.15, -0.1) is 0 Å². The van der Waals surface area contributed by atoms with Crippen LogP contribution in [0.15, 0.2) is 194 Å². The Labute approximate surface area is 402 Å². The maximum Gasteiger partial charge on any atom is 0.192 e. The number of hydrogen-bond donors (Lipinski definition) is 0. The third kappa shape index (κ3) is 4.72. The number of ether oxygens (including phenoxy) is 2. The first-order valence-corrected chi connectivity index (χ1v) is 27.9. The molecule has 0 N–H and O–H groups in total. The van der Waals surface area contributed by atoms with Gasteiger partial charge in [0.05, 0.1) is 22.5 Å². The van der Waals surface area contributed by atoms with E-state index in [2.05, 4.69) is 216 Å². The number of hydrogen-bond acceptors (Lipinski definition) is 6. The van der Waals surface area contributed by atoms with Crippen LogP contribution < -0.4 is 60.8 Å². The third-order valence-corrected chi connectivity index (χ3v) is 26.1. The molecule has 15 rings (SSSR count). The van der Waals surface area contributed by atoms with Gasteiger partial charge in [0.25, 0.3) is 0 Å². The van der Waals surface area contributed by atoms with Crippen LogP contribution in [-0.2, 0) is 0 Å². The highest BCUT2D eigenvalue weighted by atomic mass is 28.3. The standard InChI is InChI=1S/C61H40N4O2Si2/c62-36-40-41(37-63)61(65-44-19-3-11-27-52(44)69(53-28-12-4-20-45(53)65)56-31-15-7-23-48(56)67-49-24-8-16-32-57(49)69)59-39-34-33-38(35-39)58(59)60(40)64-42-17-1-9-25-50(42)68(51-26-10-2-18-43(51)64)54-29-13-5-21-46(54)66-47-22-6-14-30-55(47)68/h1-32,38-39H,33-35H2. The van der Waals surface area contributed by atoms with E-state index in [1.54, 1.807) is 0 Å². The summed E-state index contributed by atoms with van der Waals surface area (Å²) < 4.78 is 13.5. The summed E-state index contributed by atoms with van der Waals surface area (Å²) in [5, 5.41) is 33.6. The fraction of sp³-hybridized carbons (Fsp3) is 0.0820. The SMILES string of the molecule is N#Cc1c(C#N)c(N2c3ccccc3[Si]3(c4ccccc4Oc4ccccc43)c3ccccc32)c2c(c1N1c3ccccc3[Si]3(c4ccccc4Oc4ccccc43)c3ccccc31)C1CCC2C1.